The molecule has 28 heavy (non-hydrogen) atoms. The van der Waals surface area contributed by atoms with Crippen LogP contribution in [0, 0.1) is 17.3 Å². The zero-order chi connectivity index (χ0) is 19.7. The van der Waals surface area contributed by atoms with Gasteiger partial charge in [-0.1, -0.05) is 0 Å². The molecule has 2 N–H and O–H groups in total. The fourth-order valence-electron chi connectivity index (χ4n) is 6.26. The molecule has 4 bridgehead atoms. The van der Waals surface area contributed by atoms with Gasteiger partial charge in [0.15, 0.2) is 5.69 Å². The number of nitrogens with zero attached hydrogens (tertiary/aromatic N) is 5. The van der Waals surface area contributed by atoms with Crippen molar-refractivity contribution in [2.24, 2.45) is 24.3 Å². The smallest absolute Gasteiger partial charge is 0.356 e. The highest BCUT2D eigenvalue weighted by molar-refractivity contribution is 9.10. The number of halogens is 1. The molecular formula is C18H21BrN6O3. The molecule has 6 rings (SSSR count). The van der Waals surface area contributed by atoms with Crippen LogP contribution in [0.15, 0.2) is 17.3 Å². The van der Waals surface area contributed by atoms with Crippen LogP contribution in [0.2, 0.25) is 0 Å². The Labute approximate surface area is 169 Å². The zero-order valence-corrected chi connectivity index (χ0v) is 17.0. The van der Waals surface area contributed by atoms with Crippen molar-refractivity contribution >= 4 is 33.5 Å². The Morgan fingerprint density at radius 3 is 2.61 bits per heavy atom. The summed E-state index contributed by atoms with van der Waals surface area (Å²) in [6, 6.07) is 0. The predicted octanol–water partition coefficient (Wildman–Crippen LogP) is 2.41. The molecule has 1 amide bonds. The molecular weight excluding hydrogens is 428 g/mol. The molecule has 9 nitrogen and oxygen atoms in total. The fourth-order valence-corrected chi connectivity index (χ4v) is 6.52. The van der Waals surface area contributed by atoms with Crippen LogP contribution in [-0.4, -0.2) is 41.5 Å². The van der Waals surface area contributed by atoms with Gasteiger partial charge in [0.2, 0.25) is 10.6 Å². The standard InChI is InChI=1S/C18H21BrN6O3/c1-24-13(14(26)27)12(7-21-24)22-15(28)17-3-10-2-11(4-17)6-18(5-10,8-17)25-9-20-16(19)23-25/h7,9-11H,2-6,8H2,1H3,(H,22,28)(H,26,27). The Balaban J connectivity index is 1.48. The summed E-state index contributed by atoms with van der Waals surface area (Å²) in [5.74, 6) is -0.254. The number of carboxylic acids is 1. The van der Waals surface area contributed by atoms with Gasteiger partial charge in [0.1, 0.15) is 6.33 Å². The lowest BCUT2D eigenvalue weighted by molar-refractivity contribution is -0.150. The lowest BCUT2D eigenvalue weighted by atomic mass is 9.46. The molecule has 2 unspecified atom stereocenters. The molecule has 4 saturated carbocycles. The summed E-state index contributed by atoms with van der Waals surface area (Å²) >= 11 is 3.33. The van der Waals surface area contributed by atoms with E-state index in [9.17, 15) is 14.7 Å². The Kier molecular flexibility index (Phi) is 3.75. The number of carbonyl (C=O) groups excluding carboxylic acids is 1. The monoisotopic (exact) mass is 448 g/mol. The van der Waals surface area contributed by atoms with Crippen LogP contribution in [0.1, 0.15) is 49.0 Å². The molecule has 4 aliphatic carbocycles. The molecule has 0 aromatic carbocycles. The number of aryl methyl sites for hydroxylation is 1. The van der Waals surface area contributed by atoms with Gasteiger partial charge in [0, 0.05) is 7.05 Å². The van der Waals surface area contributed by atoms with Crippen LogP contribution in [-0.2, 0) is 17.4 Å². The fraction of sp³-hybridized carbons (Fsp3) is 0.611. The Morgan fingerprint density at radius 2 is 2.00 bits per heavy atom. The van der Waals surface area contributed by atoms with Gasteiger partial charge in [-0.25, -0.2) is 14.5 Å². The highest BCUT2D eigenvalue weighted by Crippen LogP contribution is 2.64. The molecule has 0 saturated heterocycles. The summed E-state index contributed by atoms with van der Waals surface area (Å²) in [5.41, 5.74) is -0.444. The number of aromatic carboxylic acids is 1. The second-order valence-electron chi connectivity index (χ2n) is 8.71. The minimum atomic E-state index is -1.11. The number of hydrogen-bond acceptors (Lipinski definition) is 5. The second kappa shape index (κ2) is 5.88. The van der Waals surface area contributed by atoms with Gasteiger partial charge in [0.25, 0.3) is 0 Å². The van der Waals surface area contributed by atoms with Gasteiger partial charge in [-0.05, 0) is 66.3 Å². The number of hydrogen-bond donors (Lipinski definition) is 2. The molecule has 2 heterocycles. The predicted molar refractivity (Wildman–Crippen MR) is 102 cm³/mol. The number of nitrogens with one attached hydrogen (secondary N) is 1. The normalized spacial score (nSPS) is 33.2. The van der Waals surface area contributed by atoms with E-state index < -0.39 is 11.4 Å². The number of amides is 1. The van der Waals surface area contributed by atoms with E-state index in [4.69, 9.17) is 0 Å². The maximum atomic E-state index is 13.4. The third kappa shape index (κ3) is 2.53. The van der Waals surface area contributed by atoms with Crippen molar-refractivity contribution in [1.82, 2.24) is 24.5 Å². The van der Waals surface area contributed by atoms with Crippen LogP contribution >= 0.6 is 15.9 Å². The van der Waals surface area contributed by atoms with E-state index >= 15 is 0 Å². The maximum absolute atomic E-state index is 13.4. The number of carbonyl (C=O) groups is 2. The average Bonchev–Trinajstić information content (AvgIpc) is 3.20. The number of rotatable bonds is 4. The first-order chi connectivity index (χ1) is 13.3. The summed E-state index contributed by atoms with van der Waals surface area (Å²) in [7, 11) is 1.56. The number of aromatic nitrogens is 5. The molecule has 4 fully saturated rings. The second-order valence-corrected chi connectivity index (χ2v) is 9.42. The van der Waals surface area contributed by atoms with E-state index in [1.165, 1.54) is 10.9 Å². The average molecular weight is 449 g/mol. The zero-order valence-electron chi connectivity index (χ0n) is 15.4. The minimum Gasteiger partial charge on any atom is -0.476 e. The van der Waals surface area contributed by atoms with Gasteiger partial charge in [-0.2, -0.15) is 5.10 Å². The van der Waals surface area contributed by atoms with Crippen LogP contribution in [0.4, 0.5) is 5.69 Å². The Hall–Kier alpha value is -2.23. The van der Waals surface area contributed by atoms with Crippen molar-refractivity contribution in [1.29, 1.82) is 0 Å². The van der Waals surface area contributed by atoms with Gasteiger partial charge in [-0.3, -0.25) is 9.48 Å². The Morgan fingerprint density at radius 1 is 1.29 bits per heavy atom. The van der Waals surface area contributed by atoms with Gasteiger partial charge >= 0.3 is 5.97 Å². The summed E-state index contributed by atoms with van der Waals surface area (Å²) in [6.45, 7) is 0. The molecule has 4 aliphatic rings. The highest BCUT2D eigenvalue weighted by Gasteiger charge is 2.61. The summed E-state index contributed by atoms with van der Waals surface area (Å²) < 4.78 is 3.78. The third-order valence-electron chi connectivity index (χ3n) is 6.85. The van der Waals surface area contributed by atoms with Crippen LogP contribution in [0.3, 0.4) is 0 Å². The lowest BCUT2D eigenvalue weighted by Gasteiger charge is -2.60. The summed E-state index contributed by atoms with van der Waals surface area (Å²) in [6.07, 6.45) is 8.74. The quantitative estimate of drug-likeness (QED) is 0.741. The van der Waals surface area contributed by atoms with E-state index in [1.807, 2.05) is 4.68 Å². The van der Waals surface area contributed by atoms with Crippen LogP contribution < -0.4 is 5.32 Å². The third-order valence-corrected chi connectivity index (χ3v) is 7.21. The molecule has 2 atom stereocenters. The Bertz CT molecular complexity index is 968. The van der Waals surface area contributed by atoms with Gasteiger partial charge in [0.05, 0.1) is 22.8 Å². The highest BCUT2D eigenvalue weighted by atomic mass is 79.9. The number of carboxylic acid groups (broad SMARTS) is 1. The first-order valence-corrected chi connectivity index (χ1v) is 10.2. The van der Waals surface area contributed by atoms with Crippen molar-refractivity contribution in [3.05, 3.63) is 23.0 Å². The van der Waals surface area contributed by atoms with Crippen molar-refractivity contribution in [2.75, 3.05) is 5.32 Å². The molecule has 0 aliphatic heterocycles. The number of anilines is 1. The van der Waals surface area contributed by atoms with E-state index in [1.54, 1.807) is 13.4 Å². The van der Waals surface area contributed by atoms with Crippen LogP contribution in [0.25, 0.3) is 0 Å². The van der Waals surface area contributed by atoms with E-state index in [0.717, 1.165) is 32.1 Å². The van der Waals surface area contributed by atoms with Gasteiger partial charge < -0.3 is 10.4 Å². The van der Waals surface area contributed by atoms with E-state index in [-0.39, 0.29) is 22.8 Å². The summed E-state index contributed by atoms with van der Waals surface area (Å²) in [5, 5.41) is 20.8. The first-order valence-electron chi connectivity index (χ1n) is 9.45. The van der Waals surface area contributed by atoms with Crippen molar-refractivity contribution in [3.8, 4) is 0 Å². The SMILES string of the molecule is Cn1ncc(NC(=O)C23CC4CC(C2)CC(n2cnc(Br)n2)(C4)C3)c1C(=O)O. The van der Waals surface area contributed by atoms with Gasteiger partial charge in [-0.15, -0.1) is 5.10 Å². The molecule has 0 radical (unpaired) electrons. The first kappa shape index (κ1) is 17.8. The van der Waals surface area contributed by atoms with Crippen LogP contribution in [0.5, 0.6) is 0 Å². The maximum Gasteiger partial charge on any atom is 0.356 e. The minimum absolute atomic E-state index is 0.00648. The van der Waals surface area contributed by atoms with E-state index in [2.05, 4.69) is 36.4 Å². The summed E-state index contributed by atoms with van der Waals surface area (Å²) in [4.78, 5) is 29.2. The molecule has 2 aromatic heterocycles. The molecule has 0 spiro atoms. The van der Waals surface area contributed by atoms with Crippen molar-refractivity contribution in [2.45, 2.75) is 44.1 Å². The molecule has 10 heteroatoms. The van der Waals surface area contributed by atoms with Crippen molar-refractivity contribution < 1.29 is 14.7 Å². The largest absolute Gasteiger partial charge is 0.476 e. The molecule has 2 aromatic rings. The topological polar surface area (TPSA) is 115 Å². The molecule has 148 valence electrons. The lowest BCUT2D eigenvalue weighted by Crippen LogP contribution is -2.60. The van der Waals surface area contributed by atoms with Crippen molar-refractivity contribution in [3.63, 3.8) is 0 Å². The van der Waals surface area contributed by atoms with E-state index in [0.29, 0.717) is 23.0 Å².